The molecule has 1 fully saturated rings. The van der Waals surface area contributed by atoms with Crippen LogP contribution in [0, 0.1) is 5.82 Å². The van der Waals surface area contributed by atoms with E-state index in [1.54, 1.807) is 30.2 Å². The molecule has 10 heteroatoms. The molecule has 0 bridgehead atoms. The van der Waals surface area contributed by atoms with Gasteiger partial charge in [-0.15, -0.1) is 0 Å². The minimum Gasteiger partial charge on any atom is -0.495 e. The van der Waals surface area contributed by atoms with Gasteiger partial charge in [0.2, 0.25) is 5.91 Å². The number of methoxy groups -OCH3 is 1. The maximum absolute atomic E-state index is 14.4. The van der Waals surface area contributed by atoms with Crippen LogP contribution >= 0.6 is 23.2 Å². The average Bonchev–Trinajstić information content (AvgIpc) is 3.14. The Labute approximate surface area is 200 Å². The number of halogens is 4. The molecule has 0 spiro atoms. The van der Waals surface area contributed by atoms with Crippen LogP contribution in [-0.4, -0.2) is 53.9 Å². The molecule has 33 heavy (non-hydrogen) atoms. The Balaban J connectivity index is 1.48. The van der Waals surface area contributed by atoms with Crippen LogP contribution in [0.2, 0.25) is 10.0 Å². The fraction of sp³-hybridized carbons (Fsp3) is 0.304. The van der Waals surface area contributed by atoms with Crippen LogP contribution in [-0.2, 0) is 18.0 Å². The Bertz CT molecular complexity index is 1160. The van der Waals surface area contributed by atoms with E-state index in [1.165, 1.54) is 16.8 Å². The van der Waals surface area contributed by atoms with Gasteiger partial charge in [0.1, 0.15) is 30.5 Å². The molecule has 6 nitrogen and oxygen atoms in total. The number of hydrogen-bond acceptors (Lipinski definition) is 4. The third-order valence-corrected chi connectivity index (χ3v) is 6.34. The maximum atomic E-state index is 14.4. The number of carbonyl (C=O) groups excluding carboxylic acids is 1. The van der Waals surface area contributed by atoms with Gasteiger partial charge in [-0.05, 0) is 24.3 Å². The van der Waals surface area contributed by atoms with Crippen molar-refractivity contribution < 1.29 is 18.3 Å². The maximum Gasteiger partial charge on any atom is 0.244 e. The second kappa shape index (κ2) is 9.97. The molecule has 0 atom stereocenters. The Morgan fingerprint density at radius 3 is 2.52 bits per heavy atom. The van der Waals surface area contributed by atoms with Crippen LogP contribution in [0.15, 0.2) is 42.5 Å². The first-order valence-corrected chi connectivity index (χ1v) is 11.1. The molecule has 0 N–H and O–H groups in total. The molecule has 0 radical (unpaired) electrons. The van der Waals surface area contributed by atoms with E-state index in [-0.39, 0.29) is 34.4 Å². The molecule has 174 valence electrons. The number of amides is 1. The van der Waals surface area contributed by atoms with Crippen LogP contribution < -0.4 is 9.64 Å². The smallest absolute Gasteiger partial charge is 0.244 e. The summed E-state index contributed by atoms with van der Waals surface area (Å²) in [5.74, 6) is -0.136. The van der Waals surface area contributed by atoms with Crippen molar-refractivity contribution >= 4 is 34.8 Å². The molecule has 1 aliphatic rings. The number of anilines is 1. The predicted octanol–water partition coefficient (Wildman–Crippen LogP) is 4.82. The Kier molecular flexibility index (Phi) is 7.05. The number of rotatable bonds is 6. The van der Waals surface area contributed by atoms with Gasteiger partial charge in [0.15, 0.2) is 0 Å². The van der Waals surface area contributed by atoms with Crippen LogP contribution in [0.1, 0.15) is 5.69 Å². The van der Waals surface area contributed by atoms with Gasteiger partial charge in [0.25, 0.3) is 0 Å². The largest absolute Gasteiger partial charge is 0.495 e. The molecular formula is C23H22Cl2F2N4O2. The van der Waals surface area contributed by atoms with Gasteiger partial charge < -0.3 is 14.5 Å². The second-order valence-electron chi connectivity index (χ2n) is 7.57. The molecule has 1 saturated heterocycles. The van der Waals surface area contributed by atoms with E-state index in [4.69, 9.17) is 27.9 Å². The molecule has 1 aromatic heterocycles. The van der Waals surface area contributed by atoms with E-state index in [1.807, 2.05) is 12.1 Å². The number of piperazine rings is 1. The first kappa shape index (κ1) is 23.3. The molecule has 0 aliphatic carbocycles. The van der Waals surface area contributed by atoms with E-state index in [2.05, 4.69) is 10.00 Å². The summed E-state index contributed by atoms with van der Waals surface area (Å²) >= 11 is 12.4. The summed E-state index contributed by atoms with van der Waals surface area (Å²) in [7, 11) is 1.56. The van der Waals surface area contributed by atoms with Crippen LogP contribution in [0.25, 0.3) is 11.3 Å². The van der Waals surface area contributed by atoms with E-state index >= 15 is 0 Å². The second-order valence-corrected chi connectivity index (χ2v) is 8.35. The minimum absolute atomic E-state index is 0.0110. The lowest BCUT2D eigenvalue weighted by molar-refractivity contribution is -0.132. The Hall–Kier alpha value is -2.84. The fourth-order valence-corrected chi connectivity index (χ4v) is 4.37. The summed E-state index contributed by atoms with van der Waals surface area (Å²) in [6.45, 7) is 1.13. The molecule has 3 aromatic rings. The van der Waals surface area contributed by atoms with Gasteiger partial charge >= 0.3 is 0 Å². The van der Waals surface area contributed by atoms with Crippen molar-refractivity contribution in [2.75, 3.05) is 38.2 Å². The van der Waals surface area contributed by atoms with Gasteiger partial charge in [-0.1, -0.05) is 35.3 Å². The van der Waals surface area contributed by atoms with Crippen molar-refractivity contribution in [3.63, 3.8) is 0 Å². The molecule has 0 unspecified atom stereocenters. The van der Waals surface area contributed by atoms with Gasteiger partial charge in [-0.3, -0.25) is 9.48 Å². The summed E-state index contributed by atoms with van der Waals surface area (Å²) in [4.78, 5) is 16.9. The minimum atomic E-state index is -0.912. The zero-order chi connectivity index (χ0) is 23.5. The normalized spacial score (nSPS) is 14.0. The summed E-state index contributed by atoms with van der Waals surface area (Å²) in [5.41, 5.74) is 1.30. The number of carbonyl (C=O) groups is 1. The van der Waals surface area contributed by atoms with Crippen molar-refractivity contribution in [1.82, 2.24) is 14.7 Å². The lowest BCUT2D eigenvalue weighted by Crippen LogP contribution is -2.49. The Morgan fingerprint density at radius 2 is 1.85 bits per heavy atom. The third-order valence-electron chi connectivity index (χ3n) is 5.63. The standard InChI is InChI=1S/C23H22Cl2F2N4O2/c1-33-20-12-15(6-7-17(20)24)29-8-10-30(11-9-29)21(32)14-31-23(22(25)19(13-26)28-31)16-4-2-3-5-18(16)27/h2-7,12H,8-11,13-14H2,1H3. The van der Waals surface area contributed by atoms with Gasteiger partial charge in [-0.2, -0.15) is 5.10 Å². The number of alkyl halides is 1. The highest BCUT2D eigenvalue weighted by atomic mass is 35.5. The van der Waals surface area contributed by atoms with E-state index in [9.17, 15) is 13.6 Å². The number of ether oxygens (including phenoxy) is 1. The summed E-state index contributed by atoms with van der Waals surface area (Å²) in [5, 5.41) is 4.67. The topological polar surface area (TPSA) is 50.6 Å². The molecular weight excluding hydrogens is 473 g/mol. The quantitative estimate of drug-likeness (QED) is 0.492. The number of hydrogen-bond donors (Lipinski definition) is 0. The molecule has 2 aromatic carbocycles. The van der Waals surface area contributed by atoms with Gasteiger partial charge in [0.05, 0.1) is 22.8 Å². The number of aromatic nitrogens is 2. The monoisotopic (exact) mass is 494 g/mol. The Morgan fingerprint density at radius 1 is 1.12 bits per heavy atom. The highest BCUT2D eigenvalue weighted by Crippen LogP contribution is 2.33. The number of nitrogens with zero attached hydrogens (tertiary/aromatic N) is 4. The predicted molar refractivity (Wildman–Crippen MR) is 124 cm³/mol. The van der Waals surface area contributed by atoms with Crippen molar-refractivity contribution in [2.45, 2.75) is 13.2 Å². The van der Waals surface area contributed by atoms with Crippen molar-refractivity contribution in [1.29, 1.82) is 0 Å². The van der Waals surface area contributed by atoms with Crippen molar-refractivity contribution in [2.24, 2.45) is 0 Å². The lowest BCUT2D eigenvalue weighted by atomic mass is 10.1. The van der Waals surface area contributed by atoms with Gasteiger partial charge in [0, 0.05) is 43.5 Å². The SMILES string of the molecule is COc1cc(N2CCN(C(=O)Cn3nc(CF)c(Cl)c3-c3ccccc3F)CC2)ccc1Cl. The van der Waals surface area contributed by atoms with Crippen molar-refractivity contribution in [3.8, 4) is 17.0 Å². The van der Waals surface area contributed by atoms with E-state index < -0.39 is 12.5 Å². The van der Waals surface area contributed by atoms with E-state index in [0.29, 0.717) is 37.0 Å². The average molecular weight is 495 g/mol. The highest BCUT2D eigenvalue weighted by molar-refractivity contribution is 6.33. The first-order valence-electron chi connectivity index (χ1n) is 10.3. The third kappa shape index (κ3) is 4.77. The van der Waals surface area contributed by atoms with Crippen LogP contribution in [0.5, 0.6) is 5.75 Å². The number of benzene rings is 2. The van der Waals surface area contributed by atoms with E-state index in [0.717, 1.165) is 5.69 Å². The zero-order valence-corrected chi connectivity index (χ0v) is 19.4. The molecule has 1 amide bonds. The highest BCUT2D eigenvalue weighted by Gasteiger charge is 2.26. The lowest BCUT2D eigenvalue weighted by Gasteiger charge is -2.36. The van der Waals surface area contributed by atoms with Crippen LogP contribution in [0.3, 0.4) is 0 Å². The molecule has 1 aliphatic heterocycles. The fourth-order valence-electron chi connectivity index (χ4n) is 3.89. The van der Waals surface area contributed by atoms with Crippen LogP contribution in [0.4, 0.5) is 14.5 Å². The van der Waals surface area contributed by atoms with Crippen molar-refractivity contribution in [3.05, 3.63) is 64.0 Å². The molecule has 4 rings (SSSR count). The zero-order valence-electron chi connectivity index (χ0n) is 17.9. The summed E-state index contributed by atoms with van der Waals surface area (Å²) in [6, 6.07) is 11.6. The summed E-state index contributed by atoms with van der Waals surface area (Å²) in [6.07, 6.45) is 0. The summed E-state index contributed by atoms with van der Waals surface area (Å²) < 4.78 is 34.4. The first-order chi connectivity index (χ1) is 15.9. The molecule has 0 saturated carbocycles. The molecule has 2 heterocycles. The van der Waals surface area contributed by atoms with Gasteiger partial charge in [-0.25, -0.2) is 8.78 Å².